The van der Waals surface area contributed by atoms with Gasteiger partial charge in [0.1, 0.15) is 18.9 Å². The number of nitrogens with one attached hydrogen (secondary N) is 1. The molecule has 0 radical (unpaired) electrons. The van der Waals surface area contributed by atoms with E-state index in [9.17, 15) is 4.79 Å². The third-order valence-electron chi connectivity index (χ3n) is 6.51. The van der Waals surface area contributed by atoms with Crippen LogP contribution in [0.15, 0.2) is 42.0 Å². The first-order valence-corrected chi connectivity index (χ1v) is 11.6. The molecule has 1 saturated heterocycles. The van der Waals surface area contributed by atoms with E-state index in [1.54, 1.807) is 0 Å². The van der Waals surface area contributed by atoms with Crippen LogP contribution >= 0.6 is 11.6 Å². The number of nitrogens with zero attached hydrogens (tertiary/aromatic N) is 1. The predicted molar refractivity (Wildman–Crippen MR) is 128 cm³/mol. The van der Waals surface area contributed by atoms with E-state index in [0.717, 1.165) is 59.5 Å². The molecular weight excluding hydrogens is 551 g/mol. The lowest BCUT2D eigenvalue weighted by atomic mass is 10.0. The van der Waals surface area contributed by atoms with Crippen LogP contribution in [0.2, 0.25) is 5.02 Å². The van der Waals surface area contributed by atoms with E-state index in [0.29, 0.717) is 23.2 Å². The molecule has 2 aromatic rings. The minimum atomic E-state index is -0.116. The summed E-state index contributed by atoms with van der Waals surface area (Å²) in [5, 5.41) is 3.65. The number of carbonyl (C=O) groups is 1. The summed E-state index contributed by atoms with van der Waals surface area (Å²) in [7, 11) is 4.60. The Morgan fingerprint density at radius 1 is 1.12 bits per heavy atom. The molecule has 1 fully saturated rings. The molecule has 7 heteroatoms. The lowest BCUT2D eigenvalue weighted by Gasteiger charge is -2.40. The highest BCUT2D eigenvalue weighted by molar-refractivity contribution is 6.30. The monoisotopic (exact) mass is 582 g/mol. The fourth-order valence-corrected chi connectivity index (χ4v) is 4.89. The van der Waals surface area contributed by atoms with Crippen molar-refractivity contribution in [1.82, 2.24) is 5.32 Å². The van der Waals surface area contributed by atoms with Gasteiger partial charge in [-0.25, -0.2) is 0 Å². The zero-order valence-electron chi connectivity index (χ0n) is 19.5. The van der Waals surface area contributed by atoms with Gasteiger partial charge in [-0.1, -0.05) is 35.9 Å². The van der Waals surface area contributed by atoms with Crippen LogP contribution in [0.25, 0.3) is 6.08 Å². The Morgan fingerprint density at radius 3 is 2.48 bits per heavy atom. The highest BCUT2D eigenvalue weighted by Gasteiger charge is 2.30. The summed E-state index contributed by atoms with van der Waals surface area (Å²) in [6.45, 7) is 5.42. The Balaban J connectivity index is 0.00000306. The maximum atomic E-state index is 12.7. The number of hydrogen-bond donors (Lipinski definition) is 1. The van der Waals surface area contributed by atoms with Gasteiger partial charge in [0.05, 0.1) is 38.9 Å². The summed E-state index contributed by atoms with van der Waals surface area (Å²) in [6.07, 6.45) is 4.10. The van der Waals surface area contributed by atoms with Crippen molar-refractivity contribution in [2.24, 2.45) is 0 Å². The first-order valence-electron chi connectivity index (χ1n) is 11.2. The van der Waals surface area contributed by atoms with E-state index in [1.165, 1.54) is 5.56 Å². The Kier molecular flexibility index (Phi) is 8.83. The number of halogens is 2. The molecule has 0 saturated carbocycles. The third kappa shape index (κ3) is 6.50. The van der Waals surface area contributed by atoms with Crippen LogP contribution < -0.4 is 34.0 Å². The van der Waals surface area contributed by atoms with Crippen LogP contribution in [0, 0.1) is 6.92 Å². The molecule has 0 spiro atoms. The van der Waals surface area contributed by atoms with Gasteiger partial charge in [-0.05, 0) is 36.3 Å². The molecule has 1 amide bonds. The lowest BCUT2D eigenvalue weighted by Crippen LogP contribution is -3.00. The molecule has 2 heterocycles. The van der Waals surface area contributed by atoms with Crippen molar-refractivity contribution < 1.29 is 42.7 Å². The van der Waals surface area contributed by atoms with Crippen molar-refractivity contribution in [3.8, 4) is 5.75 Å². The summed E-state index contributed by atoms with van der Waals surface area (Å²) in [4.78, 5) is 12.7. The summed E-state index contributed by atoms with van der Waals surface area (Å²) < 4.78 is 12.3. The number of rotatable bonds is 6. The van der Waals surface area contributed by atoms with Gasteiger partial charge in [-0.15, -0.1) is 0 Å². The molecular formula is C26H32ClIN2O3. The van der Waals surface area contributed by atoms with Crippen molar-refractivity contribution in [3.05, 3.63) is 69.2 Å². The van der Waals surface area contributed by atoms with Gasteiger partial charge in [0.15, 0.2) is 0 Å². The van der Waals surface area contributed by atoms with Crippen molar-refractivity contribution in [2.75, 3.05) is 33.9 Å². The fourth-order valence-electron chi connectivity index (χ4n) is 4.61. The second kappa shape index (κ2) is 11.2. The van der Waals surface area contributed by atoms with E-state index in [-0.39, 0.29) is 36.5 Å². The number of amides is 1. The second-order valence-corrected chi connectivity index (χ2v) is 9.82. The molecule has 2 aliphatic heterocycles. The average molecular weight is 583 g/mol. The van der Waals surface area contributed by atoms with Crippen LogP contribution in [0.3, 0.4) is 0 Å². The molecule has 2 aliphatic rings. The van der Waals surface area contributed by atoms with E-state index >= 15 is 0 Å². The standard InChI is InChI=1S/C26H31ClN2O3.HI/c1-18-12-23(27)14-21-13-22(17-32-25(18)21)26(30)28-15-19-4-6-20(7-5-19)16-29(2,3)24-8-10-31-11-9-24;/h4-7,12-14,24H,8-11,15-17H2,1-3H3;1H. The number of fused-ring (bicyclic) bond motifs is 1. The molecule has 1 N–H and O–H groups in total. The summed E-state index contributed by atoms with van der Waals surface area (Å²) in [5.41, 5.74) is 4.81. The van der Waals surface area contributed by atoms with Crippen LogP contribution in [0.1, 0.15) is 35.1 Å². The number of quaternary nitrogens is 1. The Hall–Kier alpha value is -1.61. The molecule has 0 aliphatic carbocycles. The van der Waals surface area contributed by atoms with Gasteiger partial charge >= 0.3 is 0 Å². The van der Waals surface area contributed by atoms with Gasteiger partial charge < -0.3 is 43.3 Å². The fraction of sp³-hybridized carbons (Fsp3) is 0.423. The van der Waals surface area contributed by atoms with Crippen LogP contribution in [-0.4, -0.2) is 50.3 Å². The molecule has 0 bridgehead atoms. The second-order valence-electron chi connectivity index (χ2n) is 9.38. The van der Waals surface area contributed by atoms with Gasteiger partial charge in [-0.3, -0.25) is 4.79 Å². The zero-order valence-corrected chi connectivity index (χ0v) is 22.4. The van der Waals surface area contributed by atoms with Gasteiger partial charge in [-0.2, -0.15) is 0 Å². The molecule has 33 heavy (non-hydrogen) atoms. The average Bonchev–Trinajstić information content (AvgIpc) is 2.78. The molecule has 4 rings (SSSR count). The van der Waals surface area contributed by atoms with E-state index < -0.39 is 0 Å². The van der Waals surface area contributed by atoms with Crippen LogP contribution in [0.4, 0.5) is 0 Å². The van der Waals surface area contributed by atoms with E-state index in [4.69, 9.17) is 21.1 Å². The number of benzene rings is 2. The zero-order chi connectivity index (χ0) is 22.7. The van der Waals surface area contributed by atoms with Gasteiger partial charge in [0.25, 0.3) is 5.91 Å². The van der Waals surface area contributed by atoms with E-state index in [2.05, 4.69) is 43.7 Å². The van der Waals surface area contributed by atoms with Crippen molar-refractivity contribution in [3.63, 3.8) is 0 Å². The summed E-state index contributed by atoms with van der Waals surface area (Å²) in [6, 6.07) is 12.9. The third-order valence-corrected chi connectivity index (χ3v) is 6.73. The number of aryl methyl sites for hydroxylation is 1. The van der Waals surface area contributed by atoms with Crippen molar-refractivity contribution in [1.29, 1.82) is 0 Å². The summed E-state index contributed by atoms with van der Waals surface area (Å²) >= 11 is 6.16. The molecule has 0 aromatic heterocycles. The maximum Gasteiger partial charge on any atom is 0.250 e. The quantitative estimate of drug-likeness (QED) is 0.415. The molecule has 5 nitrogen and oxygen atoms in total. The van der Waals surface area contributed by atoms with Gasteiger partial charge in [0, 0.05) is 35.5 Å². The number of hydrogen-bond acceptors (Lipinski definition) is 3. The minimum absolute atomic E-state index is 0. The first kappa shape index (κ1) is 26.0. The summed E-state index contributed by atoms with van der Waals surface area (Å²) in [5.74, 6) is 0.679. The smallest absolute Gasteiger partial charge is 0.250 e. The van der Waals surface area contributed by atoms with E-state index in [1.807, 2.05) is 25.1 Å². The Morgan fingerprint density at radius 2 is 1.79 bits per heavy atom. The van der Waals surface area contributed by atoms with Crippen LogP contribution in [0.5, 0.6) is 5.75 Å². The SMILES string of the molecule is Cc1cc(Cl)cc2c1OCC(C(=O)NCc1ccc(C[N+](C)(C)C3CCOCC3)cc1)=C2.[I-]. The highest BCUT2D eigenvalue weighted by atomic mass is 127. The molecule has 178 valence electrons. The normalized spacial score (nSPS) is 16.2. The minimum Gasteiger partial charge on any atom is -1.00 e. The van der Waals surface area contributed by atoms with Crippen LogP contribution in [-0.2, 0) is 22.6 Å². The van der Waals surface area contributed by atoms with Crippen molar-refractivity contribution in [2.45, 2.75) is 38.9 Å². The number of carbonyl (C=O) groups excluding carboxylic acids is 1. The molecule has 2 aromatic carbocycles. The highest BCUT2D eigenvalue weighted by Crippen LogP contribution is 2.32. The first-order chi connectivity index (χ1) is 15.3. The van der Waals surface area contributed by atoms with Gasteiger partial charge in [0.2, 0.25) is 0 Å². The maximum absolute atomic E-state index is 12.7. The number of ether oxygens (including phenoxy) is 2. The Bertz CT molecular complexity index is 1010. The molecule has 0 unspecified atom stereocenters. The predicted octanol–water partition coefficient (Wildman–Crippen LogP) is 1.50. The lowest BCUT2D eigenvalue weighted by molar-refractivity contribution is -0.929. The van der Waals surface area contributed by atoms with Crippen molar-refractivity contribution >= 4 is 23.6 Å². The molecule has 0 atom stereocenters. The largest absolute Gasteiger partial charge is 1.00 e. The topological polar surface area (TPSA) is 47.6 Å². The Labute approximate surface area is 218 Å².